The third-order valence-electron chi connectivity index (χ3n) is 4.91. The molecule has 2 aromatic heterocycles. The van der Waals surface area contributed by atoms with E-state index in [9.17, 15) is 14.4 Å². The van der Waals surface area contributed by atoms with Crippen molar-refractivity contribution in [1.82, 2.24) is 25.3 Å². The summed E-state index contributed by atoms with van der Waals surface area (Å²) in [7, 11) is 3.01. The summed E-state index contributed by atoms with van der Waals surface area (Å²) in [6.45, 7) is 0.387. The number of ether oxygens (including phenoxy) is 1. The Hall–Kier alpha value is -4.55. The summed E-state index contributed by atoms with van der Waals surface area (Å²) < 4.78 is 4.64. The maximum absolute atomic E-state index is 12.5. The van der Waals surface area contributed by atoms with Crippen molar-refractivity contribution in [2.24, 2.45) is 0 Å². The van der Waals surface area contributed by atoms with Gasteiger partial charge in [-0.2, -0.15) is 9.97 Å². The van der Waals surface area contributed by atoms with Crippen LogP contribution < -0.4 is 21.7 Å². The van der Waals surface area contributed by atoms with E-state index < -0.39 is 23.9 Å². The number of nitrogens with zero attached hydrogens (tertiary/aromatic N) is 5. The molecule has 0 aliphatic carbocycles. The predicted octanol–water partition coefficient (Wildman–Crippen LogP) is 0.357. The first kappa shape index (κ1) is 24.1. The Morgan fingerprint density at radius 2 is 1.85 bits per heavy atom. The van der Waals surface area contributed by atoms with Crippen molar-refractivity contribution in [3.8, 4) is 0 Å². The quantitative estimate of drug-likeness (QED) is 0.315. The van der Waals surface area contributed by atoms with Gasteiger partial charge in [0.05, 0.1) is 25.5 Å². The summed E-state index contributed by atoms with van der Waals surface area (Å²) in [4.78, 5) is 53.7. The number of nitrogens with one attached hydrogen (secondary N) is 1. The first-order valence-corrected chi connectivity index (χ1v) is 10.1. The highest BCUT2D eigenvalue weighted by Crippen LogP contribution is 2.19. The number of amides is 1. The van der Waals surface area contributed by atoms with Crippen LogP contribution in [0.25, 0.3) is 11.2 Å². The molecule has 6 N–H and O–H groups in total. The molecule has 1 unspecified atom stereocenters. The minimum Gasteiger partial charge on any atom is -0.481 e. The highest BCUT2D eigenvalue weighted by atomic mass is 16.5. The number of carbonyl (C=O) groups excluding carboxylic acids is 2. The van der Waals surface area contributed by atoms with E-state index in [1.807, 2.05) is 11.9 Å². The van der Waals surface area contributed by atoms with Gasteiger partial charge in [0.2, 0.25) is 5.95 Å². The first-order valence-electron chi connectivity index (χ1n) is 10.1. The third-order valence-corrected chi connectivity index (χ3v) is 4.91. The van der Waals surface area contributed by atoms with Crippen molar-refractivity contribution >= 4 is 46.5 Å². The molecular formula is C21H24N8O5. The molecule has 13 heteroatoms. The third kappa shape index (κ3) is 5.82. The highest BCUT2D eigenvalue weighted by Gasteiger charge is 2.23. The summed E-state index contributed by atoms with van der Waals surface area (Å²) >= 11 is 0. The number of anilines is 3. The van der Waals surface area contributed by atoms with Crippen molar-refractivity contribution in [3.63, 3.8) is 0 Å². The summed E-state index contributed by atoms with van der Waals surface area (Å²) in [5.41, 5.74) is 13.8. The molecule has 0 radical (unpaired) electrons. The number of esters is 1. The van der Waals surface area contributed by atoms with Crippen LogP contribution >= 0.6 is 0 Å². The molecule has 2 heterocycles. The summed E-state index contributed by atoms with van der Waals surface area (Å²) in [6, 6.07) is 5.58. The second-order valence-corrected chi connectivity index (χ2v) is 7.39. The van der Waals surface area contributed by atoms with Gasteiger partial charge in [0.1, 0.15) is 6.04 Å². The highest BCUT2D eigenvalue weighted by molar-refractivity contribution is 5.97. The number of aromatic nitrogens is 4. The van der Waals surface area contributed by atoms with Crippen LogP contribution in [-0.2, 0) is 20.9 Å². The Kier molecular flexibility index (Phi) is 7.36. The minimum atomic E-state index is -1.08. The van der Waals surface area contributed by atoms with Crippen molar-refractivity contribution in [2.45, 2.75) is 25.4 Å². The second-order valence-electron chi connectivity index (χ2n) is 7.39. The topological polar surface area (TPSA) is 200 Å². The van der Waals surface area contributed by atoms with E-state index in [1.165, 1.54) is 7.11 Å². The molecule has 0 saturated heterocycles. The molecule has 3 rings (SSSR count). The lowest BCUT2D eigenvalue weighted by molar-refractivity contribution is -0.143. The molecule has 0 aliphatic heterocycles. The van der Waals surface area contributed by atoms with Crippen molar-refractivity contribution in [1.29, 1.82) is 0 Å². The number of nitrogen functional groups attached to an aromatic ring is 2. The fourth-order valence-corrected chi connectivity index (χ4v) is 3.16. The van der Waals surface area contributed by atoms with Gasteiger partial charge in [-0.25, -0.2) is 14.8 Å². The molecule has 1 atom stereocenters. The van der Waals surface area contributed by atoms with E-state index in [1.54, 1.807) is 30.5 Å². The average molecular weight is 468 g/mol. The molecule has 0 saturated carbocycles. The number of aliphatic carboxylic acids is 1. The summed E-state index contributed by atoms with van der Waals surface area (Å²) in [6.07, 6.45) is 1.20. The van der Waals surface area contributed by atoms with Crippen LogP contribution in [0.2, 0.25) is 0 Å². The van der Waals surface area contributed by atoms with Crippen LogP contribution in [0.4, 0.5) is 17.5 Å². The number of rotatable bonds is 9. The summed E-state index contributed by atoms with van der Waals surface area (Å²) in [5.74, 6) is -2.15. The monoisotopic (exact) mass is 468 g/mol. The fraction of sp³-hybridized carbons (Fsp3) is 0.286. The Bertz CT molecular complexity index is 1220. The number of methoxy groups -OCH3 is 1. The van der Waals surface area contributed by atoms with Crippen molar-refractivity contribution in [2.75, 3.05) is 30.5 Å². The lowest BCUT2D eigenvalue weighted by Gasteiger charge is -2.20. The van der Waals surface area contributed by atoms with Gasteiger partial charge >= 0.3 is 11.9 Å². The van der Waals surface area contributed by atoms with Gasteiger partial charge in [-0.05, 0) is 30.7 Å². The molecule has 1 amide bonds. The lowest BCUT2D eigenvalue weighted by atomic mass is 10.1. The van der Waals surface area contributed by atoms with Gasteiger partial charge < -0.3 is 31.5 Å². The first-order chi connectivity index (χ1) is 16.2. The van der Waals surface area contributed by atoms with Crippen LogP contribution in [0.15, 0.2) is 30.5 Å². The van der Waals surface area contributed by atoms with Gasteiger partial charge in [-0.3, -0.25) is 9.59 Å². The fourth-order valence-electron chi connectivity index (χ4n) is 3.16. The van der Waals surface area contributed by atoms with E-state index in [-0.39, 0.29) is 24.6 Å². The number of hydrogen-bond donors (Lipinski definition) is 4. The van der Waals surface area contributed by atoms with Crippen LogP contribution in [0.3, 0.4) is 0 Å². The number of carbonyl (C=O) groups is 3. The molecule has 0 bridgehead atoms. The molecule has 0 spiro atoms. The van der Waals surface area contributed by atoms with Gasteiger partial charge in [-0.1, -0.05) is 0 Å². The molecular weight excluding hydrogens is 444 g/mol. The Labute approximate surface area is 194 Å². The zero-order chi connectivity index (χ0) is 24.8. The molecule has 0 aliphatic rings. The molecule has 0 fully saturated rings. The number of carboxylic acids is 1. The van der Waals surface area contributed by atoms with Gasteiger partial charge in [0.15, 0.2) is 17.0 Å². The van der Waals surface area contributed by atoms with E-state index >= 15 is 0 Å². The van der Waals surface area contributed by atoms with E-state index in [2.05, 4.69) is 30.0 Å². The molecule has 13 nitrogen and oxygen atoms in total. The van der Waals surface area contributed by atoms with Gasteiger partial charge in [0.25, 0.3) is 5.91 Å². The maximum atomic E-state index is 12.5. The average Bonchev–Trinajstić information content (AvgIpc) is 2.81. The van der Waals surface area contributed by atoms with Gasteiger partial charge in [-0.15, -0.1) is 0 Å². The Morgan fingerprint density at radius 3 is 2.50 bits per heavy atom. The second kappa shape index (κ2) is 10.4. The van der Waals surface area contributed by atoms with Crippen LogP contribution in [0.1, 0.15) is 28.9 Å². The van der Waals surface area contributed by atoms with Crippen LogP contribution in [-0.4, -0.2) is 63.1 Å². The van der Waals surface area contributed by atoms with E-state index in [4.69, 9.17) is 16.6 Å². The zero-order valence-electron chi connectivity index (χ0n) is 18.6. The standard InChI is InChI=1S/C21H24N8O5/c1-29(10-12-9-24-18-16(25-12)17(22)27-21(23)28-18)13-5-3-11(4-6-13)19(32)26-14(20(33)34-2)7-8-15(30)31/h3-6,9,14H,7-8,10H2,1-2H3,(H,26,32)(H,30,31)(H4,22,23,24,27,28). The summed E-state index contributed by atoms with van der Waals surface area (Å²) in [5, 5.41) is 11.4. The smallest absolute Gasteiger partial charge is 0.328 e. The number of fused-ring (bicyclic) bond motifs is 1. The normalized spacial score (nSPS) is 11.6. The molecule has 178 valence electrons. The predicted molar refractivity (Wildman–Crippen MR) is 123 cm³/mol. The van der Waals surface area contributed by atoms with E-state index in [0.717, 1.165) is 5.69 Å². The Morgan fingerprint density at radius 1 is 1.15 bits per heavy atom. The number of carboxylic acid groups (broad SMARTS) is 1. The number of benzene rings is 1. The molecule has 1 aromatic carbocycles. The zero-order valence-corrected chi connectivity index (χ0v) is 18.6. The molecule has 34 heavy (non-hydrogen) atoms. The van der Waals surface area contributed by atoms with E-state index in [0.29, 0.717) is 29.0 Å². The van der Waals surface area contributed by atoms with Crippen LogP contribution in [0.5, 0.6) is 0 Å². The largest absolute Gasteiger partial charge is 0.481 e. The maximum Gasteiger partial charge on any atom is 0.328 e. The number of nitrogens with two attached hydrogens (primary N) is 2. The number of hydrogen-bond acceptors (Lipinski definition) is 11. The SMILES string of the molecule is COC(=O)C(CCC(=O)O)NC(=O)c1ccc(N(C)Cc2cnc3nc(N)nc(N)c3n2)cc1. The lowest BCUT2D eigenvalue weighted by Crippen LogP contribution is -2.41. The van der Waals surface area contributed by atoms with Crippen molar-refractivity contribution < 1.29 is 24.2 Å². The van der Waals surface area contributed by atoms with Crippen LogP contribution in [0, 0.1) is 0 Å². The molecule has 3 aromatic rings. The van der Waals surface area contributed by atoms with Gasteiger partial charge in [0, 0.05) is 24.7 Å². The van der Waals surface area contributed by atoms with Crippen molar-refractivity contribution in [3.05, 3.63) is 41.7 Å². The minimum absolute atomic E-state index is 0.0214. The Balaban J connectivity index is 1.68.